The average Bonchev–Trinajstić information content (AvgIpc) is 3.79. The normalized spacial score (nSPS) is 14.6. The van der Waals surface area contributed by atoms with Crippen molar-refractivity contribution in [3.63, 3.8) is 0 Å². The van der Waals surface area contributed by atoms with Gasteiger partial charge in [-0.1, -0.05) is 0 Å². The molecular weight excluding hydrogens is 496 g/mol. The number of carbonyl (C=O) groups is 1. The van der Waals surface area contributed by atoms with Crippen LogP contribution in [-0.4, -0.2) is 24.3 Å². The van der Waals surface area contributed by atoms with Gasteiger partial charge in [-0.15, -0.1) is 0 Å². The van der Waals surface area contributed by atoms with Gasteiger partial charge in [-0.05, 0) is 86.5 Å². The Hall–Kier alpha value is -3.83. The number of nitrogens with zero attached hydrogens (tertiary/aromatic N) is 5. The Morgan fingerprint density at radius 1 is 0.892 bits per heavy atom. The van der Waals surface area contributed by atoms with Crippen molar-refractivity contribution in [1.29, 1.82) is 5.26 Å². The third-order valence-electron chi connectivity index (χ3n) is 6.66. The molecule has 9 heteroatoms. The highest BCUT2D eigenvalue weighted by Gasteiger charge is 2.27. The second-order valence-corrected chi connectivity index (χ2v) is 9.93. The number of hydrogen-bond acceptors (Lipinski definition) is 4. The minimum absolute atomic E-state index is 0.0669. The van der Waals surface area contributed by atoms with E-state index >= 15 is 0 Å². The summed E-state index contributed by atoms with van der Waals surface area (Å²) >= 11 is 5.38. The summed E-state index contributed by atoms with van der Waals surface area (Å²) < 4.78 is 30.7. The number of nitriles is 1. The minimum Gasteiger partial charge on any atom is -0.306 e. The molecule has 2 aromatic carbocycles. The lowest BCUT2D eigenvalue weighted by atomic mass is 10.1. The molecule has 2 aliphatic rings. The number of hydrogen-bond donors (Lipinski definition) is 0. The SMILES string of the molecule is Cc1cc(F)c(C#N)cc1-n1cnc(C2CC2)c1.Cc1cc(F)c(C(=O)Cl)cc1-n1cnc(C2CC2)c1. The molecule has 0 N–H and O–H groups in total. The molecular formula is C28H24ClF2N5O. The van der Waals surface area contributed by atoms with Crippen LogP contribution in [0.1, 0.15) is 76.0 Å². The number of benzene rings is 2. The summed E-state index contributed by atoms with van der Waals surface area (Å²) in [6, 6.07) is 7.62. The van der Waals surface area contributed by atoms with Crippen molar-refractivity contribution in [3.05, 3.63) is 94.6 Å². The molecule has 0 radical (unpaired) electrons. The molecule has 2 aromatic heterocycles. The van der Waals surface area contributed by atoms with Crippen molar-refractivity contribution >= 4 is 16.8 Å². The topological polar surface area (TPSA) is 76.5 Å². The van der Waals surface area contributed by atoms with Gasteiger partial charge in [0.15, 0.2) is 0 Å². The van der Waals surface area contributed by atoms with Crippen LogP contribution in [0.5, 0.6) is 0 Å². The van der Waals surface area contributed by atoms with E-state index in [2.05, 4.69) is 9.97 Å². The second kappa shape index (κ2) is 9.91. The molecule has 188 valence electrons. The molecule has 0 saturated heterocycles. The molecule has 2 heterocycles. The lowest BCUT2D eigenvalue weighted by molar-refractivity contribution is 0.107. The Kier molecular flexibility index (Phi) is 6.65. The van der Waals surface area contributed by atoms with Crippen LogP contribution in [0.3, 0.4) is 0 Å². The van der Waals surface area contributed by atoms with Gasteiger partial charge in [-0.25, -0.2) is 18.7 Å². The quantitative estimate of drug-likeness (QED) is 0.277. The first-order valence-corrected chi connectivity index (χ1v) is 12.4. The smallest absolute Gasteiger partial charge is 0.255 e. The maximum atomic E-state index is 13.6. The summed E-state index contributed by atoms with van der Waals surface area (Å²) in [5.74, 6) is 0.0728. The van der Waals surface area contributed by atoms with E-state index in [0.29, 0.717) is 11.8 Å². The molecule has 0 atom stereocenters. The van der Waals surface area contributed by atoms with Crippen molar-refractivity contribution < 1.29 is 13.6 Å². The van der Waals surface area contributed by atoms with Crippen LogP contribution in [0, 0.1) is 36.8 Å². The first kappa shape index (κ1) is 24.8. The third-order valence-corrected chi connectivity index (χ3v) is 6.86. The maximum absolute atomic E-state index is 13.6. The Morgan fingerprint density at radius 3 is 1.84 bits per heavy atom. The predicted molar refractivity (Wildman–Crippen MR) is 135 cm³/mol. The summed E-state index contributed by atoms with van der Waals surface area (Å²) in [5.41, 5.74) is 5.16. The van der Waals surface area contributed by atoms with E-state index in [9.17, 15) is 13.6 Å². The fourth-order valence-electron chi connectivity index (χ4n) is 4.23. The molecule has 2 saturated carbocycles. The highest BCUT2D eigenvalue weighted by atomic mass is 35.5. The summed E-state index contributed by atoms with van der Waals surface area (Å²) in [6.07, 6.45) is 12.1. The zero-order chi connectivity index (χ0) is 26.3. The van der Waals surface area contributed by atoms with Crippen LogP contribution in [0.4, 0.5) is 8.78 Å². The Morgan fingerprint density at radius 2 is 1.38 bits per heavy atom. The monoisotopic (exact) mass is 519 g/mol. The summed E-state index contributed by atoms with van der Waals surface area (Å²) in [4.78, 5) is 19.9. The molecule has 4 aromatic rings. The molecule has 0 aliphatic heterocycles. The van der Waals surface area contributed by atoms with Crippen LogP contribution >= 0.6 is 11.6 Å². The number of imidazole rings is 2. The molecule has 2 fully saturated rings. The molecule has 0 spiro atoms. The van der Waals surface area contributed by atoms with Crippen molar-refractivity contribution in [2.24, 2.45) is 0 Å². The van der Waals surface area contributed by atoms with Crippen LogP contribution in [-0.2, 0) is 0 Å². The predicted octanol–water partition coefficient (Wildman–Crippen LogP) is 6.65. The van der Waals surface area contributed by atoms with E-state index in [0.717, 1.165) is 33.9 Å². The fraction of sp³-hybridized carbons (Fsp3) is 0.286. The maximum Gasteiger partial charge on any atom is 0.255 e. The van der Waals surface area contributed by atoms with Crippen LogP contribution < -0.4 is 0 Å². The van der Waals surface area contributed by atoms with Gasteiger partial charge in [-0.2, -0.15) is 5.26 Å². The Labute approximate surface area is 218 Å². The zero-order valence-electron chi connectivity index (χ0n) is 20.4. The van der Waals surface area contributed by atoms with Gasteiger partial charge in [0.25, 0.3) is 5.24 Å². The average molecular weight is 520 g/mol. The number of aromatic nitrogens is 4. The molecule has 0 amide bonds. The summed E-state index contributed by atoms with van der Waals surface area (Å²) in [5, 5.41) is 8.08. The van der Waals surface area contributed by atoms with E-state index in [1.54, 1.807) is 25.6 Å². The van der Waals surface area contributed by atoms with E-state index in [4.69, 9.17) is 16.9 Å². The Balaban J connectivity index is 0.000000152. The van der Waals surface area contributed by atoms with Crippen molar-refractivity contribution in [2.75, 3.05) is 0 Å². The highest BCUT2D eigenvalue weighted by Crippen LogP contribution is 2.40. The first-order chi connectivity index (χ1) is 17.7. The van der Waals surface area contributed by atoms with Gasteiger partial charge in [0.1, 0.15) is 17.7 Å². The molecule has 37 heavy (non-hydrogen) atoms. The molecule has 6 nitrogen and oxygen atoms in total. The second-order valence-electron chi connectivity index (χ2n) is 9.58. The standard InChI is InChI=1S/C14H12ClFN2O.C14H12FN3/c1-8-4-11(16)10(14(15)19)5-13(8)18-6-12(17-7-18)9-2-3-9;1-9-4-12(15)11(6-16)5-14(9)18-7-13(17-8-18)10-2-3-10/h4-7,9H,2-3H2,1H3;4-5,7-8,10H,2-3H2,1H3. The van der Waals surface area contributed by atoms with Crippen molar-refractivity contribution in [1.82, 2.24) is 19.1 Å². The molecule has 0 unspecified atom stereocenters. The van der Waals surface area contributed by atoms with Crippen LogP contribution in [0.2, 0.25) is 0 Å². The van der Waals surface area contributed by atoms with Gasteiger partial charge >= 0.3 is 0 Å². The van der Waals surface area contributed by atoms with Crippen LogP contribution in [0.25, 0.3) is 11.4 Å². The van der Waals surface area contributed by atoms with Gasteiger partial charge in [0.2, 0.25) is 0 Å². The van der Waals surface area contributed by atoms with E-state index in [-0.39, 0.29) is 11.1 Å². The van der Waals surface area contributed by atoms with E-state index < -0.39 is 16.9 Å². The molecule has 0 bridgehead atoms. The van der Waals surface area contributed by atoms with E-state index in [1.807, 2.05) is 34.5 Å². The Bertz CT molecular complexity index is 1540. The highest BCUT2D eigenvalue weighted by molar-refractivity contribution is 6.67. The number of aryl methyl sites for hydroxylation is 2. The van der Waals surface area contributed by atoms with Crippen molar-refractivity contribution in [3.8, 4) is 17.4 Å². The summed E-state index contributed by atoms with van der Waals surface area (Å²) in [6.45, 7) is 3.62. The lowest BCUT2D eigenvalue weighted by Crippen LogP contribution is -2.01. The zero-order valence-corrected chi connectivity index (χ0v) is 21.1. The molecule has 6 rings (SSSR count). The molecule has 2 aliphatic carbocycles. The van der Waals surface area contributed by atoms with E-state index in [1.165, 1.54) is 43.9 Å². The van der Waals surface area contributed by atoms with Crippen molar-refractivity contribution in [2.45, 2.75) is 51.4 Å². The third kappa shape index (κ3) is 5.32. The van der Waals surface area contributed by atoms with Gasteiger partial charge in [0, 0.05) is 24.2 Å². The largest absolute Gasteiger partial charge is 0.306 e. The first-order valence-electron chi connectivity index (χ1n) is 12.0. The van der Waals surface area contributed by atoms with Gasteiger partial charge < -0.3 is 9.13 Å². The minimum atomic E-state index is -0.790. The lowest BCUT2D eigenvalue weighted by Gasteiger charge is -2.08. The van der Waals surface area contributed by atoms with Crippen LogP contribution in [0.15, 0.2) is 49.3 Å². The number of carbonyl (C=O) groups excluding carboxylic acids is 1. The fourth-order valence-corrected chi connectivity index (χ4v) is 4.38. The van der Waals surface area contributed by atoms with Gasteiger partial charge in [0.05, 0.1) is 46.5 Å². The van der Waals surface area contributed by atoms with Gasteiger partial charge in [-0.3, -0.25) is 4.79 Å². The summed E-state index contributed by atoms with van der Waals surface area (Å²) in [7, 11) is 0. The number of rotatable bonds is 5. The number of halogens is 3.